The highest BCUT2D eigenvalue weighted by molar-refractivity contribution is 7.91. The Morgan fingerprint density at radius 3 is 2.74 bits per heavy atom. The molecule has 0 bridgehead atoms. The molecule has 200 valence electrons. The van der Waals surface area contributed by atoms with Crippen molar-refractivity contribution in [1.29, 1.82) is 0 Å². The molecule has 1 heterocycles. The molecule has 0 saturated carbocycles. The molecule has 2 unspecified atom stereocenters. The number of nitrogens with zero attached hydrogens (tertiary/aromatic N) is 1. The van der Waals surface area contributed by atoms with Crippen LogP contribution in [0.2, 0.25) is 0 Å². The quantitative estimate of drug-likeness (QED) is 0.301. The first-order valence-electron chi connectivity index (χ1n) is 12.0. The number of rotatable bonds is 9. The highest BCUT2D eigenvalue weighted by atomic mass is 32.2. The van der Waals surface area contributed by atoms with Crippen molar-refractivity contribution in [1.82, 2.24) is 10.3 Å². The summed E-state index contributed by atoms with van der Waals surface area (Å²) < 4.78 is 44.5. The Kier molecular flexibility index (Phi) is 7.86. The Bertz CT molecular complexity index is 1540. The third-order valence-corrected chi connectivity index (χ3v) is 8.33. The number of nitrogens with one attached hydrogen (secondary N) is 2. The van der Waals surface area contributed by atoms with Gasteiger partial charge in [0.25, 0.3) is 0 Å². The predicted octanol–water partition coefficient (Wildman–Crippen LogP) is 3.69. The minimum Gasteiger partial charge on any atom is -0.498 e. The van der Waals surface area contributed by atoms with E-state index in [-0.39, 0.29) is 29.4 Å². The Morgan fingerprint density at radius 1 is 1.21 bits per heavy atom. The van der Waals surface area contributed by atoms with Crippen LogP contribution in [0.4, 0.5) is 21.6 Å². The van der Waals surface area contributed by atoms with Crippen molar-refractivity contribution >= 4 is 43.7 Å². The van der Waals surface area contributed by atoms with Gasteiger partial charge >= 0.3 is 0 Å². The van der Waals surface area contributed by atoms with Gasteiger partial charge in [-0.1, -0.05) is 13.0 Å². The van der Waals surface area contributed by atoms with E-state index in [9.17, 15) is 17.6 Å². The number of anilines is 3. The molecular formula is C27H30FN5O4S. The Morgan fingerprint density at radius 2 is 2.00 bits per heavy atom. The summed E-state index contributed by atoms with van der Waals surface area (Å²) in [5, 5.41) is 7.69. The average Bonchev–Trinajstić information content (AvgIpc) is 2.90. The SMILES string of the molecule is CCS(=O)(=O)c1ccc(N)cc1CNC(=O)C(Nc1ccc2c(N)nccc2c1)C1C=CC(F)=C(OC)C1. The number of sulfone groups is 1. The number of pyridine rings is 1. The fraction of sp³-hybridized carbons (Fsp3) is 0.259. The molecule has 2 atom stereocenters. The van der Waals surface area contributed by atoms with Gasteiger partial charge in [-0.25, -0.2) is 17.8 Å². The summed E-state index contributed by atoms with van der Waals surface area (Å²) in [5.41, 5.74) is 13.3. The van der Waals surface area contributed by atoms with Gasteiger partial charge in [0.15, 0.2) is 15.7 Å². The Balaban J connectivity index is 1.63. The lowest BCUT2D eigenvalue weighted by molar-refractivity contribution is -0.122. The Hall–Kier alpha value is -4.12. The molecule has 0 radical (unpaired) electrons. The monoisotopic (exact) mass is 539 g/mol. The molecule has 3 aromatic rings. The largest absolute Gasteiger partial charge is 0.498 e. The van der Waals surface area contributed by atoms with Crippen molar-refractivity contribution in [2.24, 2.45) is 5.92 Å². The van der Waals surface area contributed by atoms with Crippen LogP contribution in [0.3, 0.4) is 0 Å². The van der Waals surface area contributed by atoms with E-state index in [1.807, 2.05) is 12.1 Å². The number of allylic oxidation sites excluding steroid dienone is 3. The summed E-state index contributed by atoms with van der Waals surface area (Å²) >= 11 is 0. The molecule has 1 aliphatic rings. The second-order valence-corrected chi connectivity index (χ2v) is 11.2. The van der Waals surface area contributed by atoms with Gasteiger partial charge in [-0.05, 0) is 59.5 Å². The number of methoxy groups -OCH3 is 1. The van der Waals surface area contributed by atoms with Crippen LogP contribution in [-0.4, -0.2) is 38.2 Å². The van der Waals surface area contributed by atoms with Crippen molar-refractivity contribution in [3.05, 3.63) is 78.0 Å². The van der Waals surface area contributed by atoms with Crippen LogP contribution in [0.1, 0.15) is 18.9 Å². The molecule has 0 spiro atoms. The Labute approximate surface area is 220 Å². The molecule has 11 heteroatoms. The lowest BCUT2D eigenvalue weighted by atomic mass is 9.90. The van der Waals surface area contributed by atoms with Gasteiger partial charge in [0, 0.05) is 41.8 Å². The molecule has 4 rings (SSSR count). The predicted molar refractivity (Wildman–Crippen MR) is 146 cm³/mol. The second-order valence-electron chi connectivity index (χ2n) is 8.94. The number of hydrogen-bond acceptors (Lipinski definition) is 8. The first kappa shape index (κ1) is 26.9. The minimum atomic E-state index is -3.54. The number of nitrogens with two attached hydrogens (primary N) is 2. The van der Waals surface area contributed by atoms with E-state index in [1.165, 1.54) is 31.4 Å². The first-order chi connectivity index (χ1) is 18.1. The standard InChI is InChI=1S/C27H30FN5O4S/c1-3-38(35,36)24-9-5-19(29)12-18(24)15-32-27(34)25(17-4-8-22(28)23(14-17)37-2)33-20-6-7-21-16(13-20)10-11-31-26(21)30/h4-13,17,25,33H,3,14-15,29H2,1-2H3,(H2,30,31)(H,32,34). The molecule has 0 aliphatic heterocycles. The minimum absolute atomic E-state index is 0.0612. The number of carbonyl (C=O) groups is 1. The number of carbonyl (C=O) groups excluding carboxylic acids is 1. The highest BCUT2D eigenvalue weighted by Crippen LogP contribution is 2.30. The van der Waals surface area contributed by atoms with Crippen molar-refractivity contribution in [3.63, 3.8) is 0 Å². The van der Waals surface area contributed by atoms with Crippen LogP contribution < -0.4 is 22.1 Å². The zero-order valence-electron chi connectivity index (χ0n) is 21.1. The summed E-state index contributed by atoms with van der Waals surface area (Å²) in [5.74, 6) is -0.915. The molecule has 0 fully saturated rings. The van der Waals surface area contributed by atoms with Gasteiger partial charge in [-0.2, -0.15) is 0 Å². The normalized spacial score (nSPS) is 16.3. The number of amides is 1. The zero-order chi connectivity index (χ0) is 27.4. The molecule has 9 nitrogen and oxygen atoms in total. The lowest BCUT2D eigenvalue weighted by Crippen LogP contribution is -2.44. The van der Waals surface area contributed by atoms with Crippen molar-refractivity contribution in [2.45, 2.75) is 30.8 Å². The van der Waals surface area contributed by atoms with E-state index in [2.05, 4.69) is 15.6 Å². The molecule has 6 N–H and O–H groups in total. The van der Waals surface area contributed by atoms with E-state index in [1.54, 1.807) is 31.3 Å². The van der Waals surface area contributed by atoms with Crippen LogP contribution in [-0.2, 0) is 25.9 Å². The number of nitrogen functional groups attached to an aromatic ring is 2. The fourth-order valence-electron chi connectivity index (χ4n) is 4.42. The van der Waals surface area contributed by atoms with Crippen LogP contribution in [0.5, 0.6) is 0 Å². The smallest absolute Gasteiger partial charge is 0.243 e. The second kappa shape index (κ2) is 11.1. The third kappa shape index (κ3) is 5.72. The van der Waals surface area contributed by atoms with Crippen LogP contribution in [0.15, 0.2) is 77.3 Å². The van der Waals surface area contributed by atoms with E-state index < -0.39 is 33.5 Å². The van der Waals surface area contributed by atoms with Gasteiger partial charge in [0.1, 0.15) is 17.6 Å². The maximum atomic E-state index is 14.2. The van der Waals surface area contributed by atoms with Crippen molar-refractivity contribution < 1.29 is 22.3 Å². The van der Waals surface area contributed by atoms with E-state index in [0.29, 0.717) is 22.8 Å². The topological polar surface area (TPSA) is 149 Å². The number of aromatic nitrogens is 1. The number of benzene rings is 2. The highest BCUT2D eigenvalue weighted by Gasteiger charge is 2.31. The van der Waals surface area contributed by atoms with E-state index in [4.69, 9.17) is 16.2 Å². The van der Waals surface area contributed by atoms with E-state index in [0.717, 1.165) is 10.8 Å². The van der Waals surface area contributed by atoms with Gasteiger partial charge in [0.05, 0.1) is 17.8 Å². The molecule has 1 aliphatic carbocycles. The maximum absolute atomic E-state index is 14.2. The third-order valence-electron chi connectivity index (χ3n) is 6.50. The lowest BCUT2D eigenvalue weighted by Gasteiger charge is -2.28. The molecular weight excluding hydrogens is 509 g/mol. The van der Waals surface area contributed by atoms with Crippen molar-refractivity contribution in [2.75, 3.05) is 29.6 Å². The van der Waals surface area contributed by atoms with Gasteiger partial charge in [-0.3, -0.25) is 4.79 Å². The molecule has 38 heavy (non-hydrogen) atoms. The van der Waals surface area contributed by atoms with E-state index >= 15 is 0 Å². The molecule has 2 aromatic carbocycles. The van der Waals surface area contributed by atoms with Gasteiger partial charge < -0.3 is 26.8 Å². The first-order valence-corrected chi connectivity index (χ1v) is 13.7. The van der Waals surface area contributed by atoms with Gasteiger partial charge in [0.2, 0.25) is 5.91 Å². The summed E-state index contributed by atoms with van der Waals surface area (Å²) in [7, 11) is -2.16. The number of halogens is 1. The van der Waals surface area contributed by atoms with Crippen LogP contribution in [0, 0.1) is 5.92 Å². The summed E-state index contributed by atoms with van der Waals surface area (Å²) in [6.45, 7) is 1.49. The molecule has 1 amide bonds. The summed E-state index contributed by atoms with van der Waals surface area (Å²) in [6.07, 6.45) is 4.65. The maximum Gasteiger partial charge on any atom is 0.243 e. The average molecular weight is 540 g/mol. The molecule has 1 aromatic heterocycles. The summed E-state index contributed by atoms with van der Waals surface area (Å²) in [4.78, 5) is 17.8. The van der Waals surface area contributed by atoms with Crippen molar-refractivity contribution in [3.8, 4) is 0 Å². The fourth-order valence-corrected chi connectivity index (χ4v) is 5.53. The van der Waals surface area contributed by atoms with Crippen LogP contribution >= 0.6 is 0 Å². The number of ether oxygens (including phenoxy) is 1. The van der Waals surface area contributed by atoms with Gasteiger partial charge in [-0.15, -0.1) is 0 Å². The molecule has 0 saturated heterocycles. The zero-order valence-corrected chi connectivity index (χ0v) is 21.9. The number of fused-ring (bicyclic) bond motifs is 1. The van der Waals surface area contributed by atoms with Crippen LogP contribution in [0.25, 0.3) is 10.8 Å². The summed E-state index contributed by atoms with van der Waals surface area (Å²) in [6, 6.07) is 10.9. The number of hydrogen-bond donors (Lipinski definition) is 4.